The minimum Gasteiger partial charge on any atom is -0.481 e. The van der Waals surface area contributed by atoms with Crippen molar-refractivity contribution < 1.29 is 19.5 Å². The van der Waals surface area contributed by atoms with Crippen molar-refractivity contribution in [2.75, 3.05) is 13.1 Å². The molecule has 0 bridgehead atoms. The van der Waals surface area contributed by atoms with Gasteiger partial charge in [0.2, 0.25) is 11.8 Å². The molecule has 1 heterocycles. The van der Waals surface area contributed by atoms with Crippen LogP contribution in [0, 0.1) is 17.8 Å². The number of likely N-dealkylation sites (tertiary alicyclic amines) is 1. The molecule has 2 rings (SSSR count). The number of piperidine rings is 1. The Bertz CT molecular complexity index is 413. The molecule has 1 aliphatic heterocycles. The Balaban J connectivity index is 1.76. The molecule has 2 N–H and O–H groups in total. The van der Waals surface area contributed by atoms with E-state index in [1.165, 1.54) is 0 Å². The number of carboxylic acids is 1. The van der Waals surface area contributed by atoms with Crippen LogP contribution >= 0.6 is 0 Å². The monoisotopic (exact) mass is 282 g/mol. The molecular weight excluding hydrogens is 260 g/mol. The van der Waals surface area contributed by atoms with Gasteiger partial charge >= 0.3 is 5.97 Å². The number of carboxylic acid groups (broad SMARTS) is 1. The molecule has 0 aromatic rings. The van der Waals surface area contributed by atoms with E-state index in [1.54, 1.807) is 4.90 Å². The minimum absolute atomic E-state index is 0.0301. The van der Waals surface area contributed by atoms with E-state index in [-0.39, 0.29) is 29.7 Å². The van der Waals surface area contributed by atoms with Gasteiger partial charge < -0.3 is 15.3 Å². The maximum Gasteiger partial charge on any atom is 0.307 e. The largest absolute Gasteiger partial charge is 0.481 e. The number of carbonyl (C=O) groups excluding carboxylic acids is 2. The number of nitrogens with one attached hydrogen (secondary N) is 1. The zero-order valence-electron chi connectivity index (χ0n) is 12.0. The first-order chi connectivity index (χ1) is 9.40. The lowest BCUT2D eigenvalue weighted by molar-refractivity contribution is -0.142. The van der Waals surface area contributed by atoms with Gasteiger partial charge in [-0.3, -0.25) is 14.4 Å². The van der Waals surface area contributed by atoms with Crippen molar-refractivity contribution in [3.63, 3.8) is 0 Å². The predicted octanol–water partition coefficient (Wildman–Crippen LogP) is 0.470. The number of carbonyl (C=O) groups is 3. The maximum absolute atomic E-state index is 12.1. The van der Waals surface area contributed by atoms with E-state index in [0.717, 1.165) is 12.8 Å². The second-order valence-electron chi connectivity index (χ2n) is 6.05. The third kappa shape index (κ3) is 3.29. The van der Waals surface area contributed by atoms with Crippen molar-refractivity contribution in [1.82, 2.24) is 10.2 Å². The summed E-state index contributed by atoms with van der Waals surface area (Å²) >= 11 is 0. The summed E-state index contributed by atoms with van der Waals surface area (Å²) < 4.78 is 0. The van der Waals surface area contributed by atoms with E-state index in [9.17, 15) is 14.4 Å². The van der Waals surface area contributed by atoms with Gasteiger partial charge in [-0.25, -0.2) is 0 Å². The summed E-state index contributed by atoms with van der Waals surface area (Å²) in [5, 5.41) is 11.8. The highest BCUT2D eigenvalue weighted by atomic mass is 16.4. The highest BCUT2D eigenvalue weighted by Crippen LogP contribution is 2.40. The quantitative estimate of drug-likeness (QED) is 0.784. The van der Waals surface area contributed by atoms with Gasteiger partial charge in [-0.15, -0.1) is 0 Å². The molecule has 0 aromatic carbocycles. The molecule has 1 saturated heterocycles. The zero-order valence-corrected chi connectivity index (χ0v) is 12.0. The topological polar surface area (TPSA) is 86.7 Å². The lowest BCUT2D eigenvalue weighted by Gasteiger charge is -2.33. The molecule has 1 saturated carbocycles. The van der Waals surface area contributed by atoms with Crippen LogP contribution in [0.15, 0.2) is 0 Å². The van der Waals surface area contributed by atoms with Gasteiger partial charge in [0, 0.05) is 25.0 Å². The van der Waals surface area contributed by atoms with Gasteiger partial charge in [-0.1, -0.05) is 13.8 Å². The Morgan fingerprint density at radius 3 is 2.20 bits per heavy atom. The number of aliphatic carboxylic acids is 1. The second-order valence-corrected chi connectivity index (χ2v) is 6.05. The Morgan fingerprint density at radius 1 is 1.15 bits per heavy atom. The number of nitrogens with zero attached hydrogens (tertiary/aromatic N) is 1. The van der Waals surface area contributed by atoms with Crippen LogP contribution in [0.1, 0.15) is 33.1 Å². The molecule has 6 heteroatoms. The summed E-state index contributed by atoms with van der Waals surface area (Å²) in [6, 6.07) is 0.128. The number of amides is 2. The molecule has 20 heavy (non-hydrogen) atoms. The van der Waals surface area contributed by atoms with E-state index >= 15 is 0 Å². The van der Waals surface area contributed by atoms with Crippen molar-refractivity contribution in [3.05, 3.63) is 0 Å². The van der Waals surface area contributed by atoms with Crippen LogP contribution in [0.3, 0.4) is 0 Å². The SMILES string of the molecule is CC(C)C(=O)NC1CCN(C(=O)[C@@H]2C[C@@H]2C(=O)O)CC1. The Labute approximate surface area is 118 Å². The summed E-state index contributed by atoms with van der Waals surface area (Å²) in [6.45, 7) is 4.91. The second kappa shape index (κ2) is 5.81. The van der Waals surface area contributed by atoms with Crippen LogP contribution in [-0.4, -0.2) is 46.9 Å². The third-order valence-corrected chi connectivity index (χ3v) is 4.10. The normalized spacial score (nSPS) is 26.4. The number of hydrogen-bond donors (Lipinski definition) is 2. The Kier molecular flexibility index (Phi) is 4.30. The van der Waals surface area contributed by atoms with Crippen LogP contribution in [0.4, 0.5) is 0 Å². The molecule has 0 radical (unpaired) electrons. The lowest BCUT2D eigenvalue weighted by Crippen LogP contribution is -2.48. The van der Waals surface area contributed by atoms with E-state index in [0.29, 0.717) is 19.5 Å². The van der Waals surface area contributed by atoms with Gasteiger partial charge in [0.15, 0.2) is 0 Å². The zero-order chi connectivity index (χ0) is 14.9. The fourth-order valence-electron chi connectivity index (χ4n) is 2.59. The predicted molar refractivity (Wildman–Crippen MR) is 71.8 cm³/mol. The molecule has 2 aliphatic rings. The van der Waals surface area contributed by atoms with Crippen LogP contribution in [0.5, 0.6) is 0 Å². The van der Waals surface area contributed by atoms with Crippen LogP contribution in [-0.2, 0) is 14.4 Å². The van der Waals surface area contributed by atoms with Gasteiger partial charge in [-0.05, 0) is 19.3 Å². The first-order valence-electron chi connectivity index (χ1n) is 7.22. The maximum atomic E-state index is 12.1. The van der Waals surface area contributed by atoms with E-state index < -0.39 is 11.9 Å². The molecule has 0 spiro atoms. The fraction of sp³-hybridized carbons (Fsp3) is 0.786. The van der Waals surface area contributed by atoms with Gasteiger partial charge in [0.1, 0.15) is 0 Å². The minimum atomic E-state index is -0.873. The van der Waals surface area contributed by atoms with Gasteiger partial charge in [0.05, 0.1) is 11.8 Å². The first-order valence-corrected chi connectivity index (χ1v) is 7.22. The summed E-state index contributed by atoms with van der Waals surface area (Å²) in [6.07, 6.45) is 1.96. The van der Waals surface area contributed by atoms with Crippen LogP contribution in [0.25, 0.3) is 0 Å². The highest BCUT2D eigenvalue weighted by Gasteiger charge is 2.50. The van der Waals surface area contributed by atoms with Crippen molar-refractivity contribution in [3.8, 4) is 0 Å². The van der Waals surface area contributed by atoms with E-state index in [4.69, 9.17) is 5.11 Å². The van der Waals surface area contributed by atoms with Crippen molar-refractivity contribution in [2.45, 2.75) is 39.2 Å². The smallest absolute Gasteiger partial charge is 0.307 e. The average molecular weight is 282 g/mol. The standard InChI is InChI=1S/C14H22N2O4/c1-8(2)12(17)15-9-3-5-16(6-4-9)13(18)10-7-11(10)14(19)20/h8-11H,3-7H2,1-2H3,(H,15,17)(H,19,20)/t10-,11+/m1/s1. The summed E-state index contributed by atoms with van der Waals surface area (Å²) in [4.78, 5) is 36.2. The Morgan fingerprint density at radius 2 is 1.75 bits per heavy atom. The fourth-order valence-corrected chi connectivity index (χ4v) is 2.59. The third-order valence-electron chi connectivity index (χ3n) is 4.10. The van der Waals surface area contributed by atoms with Crippen molar-refractivity contribution >= 4 is 17.8 Å². The van der Waals surface area contributed by atoms with Gasteiger partial charge in [-0.2, -0.15) is 0 Å². The summed E-state index contributed by atoms with van der Waals surface area (Å²) in [7, 11) is 0. The van der Waals surface area contributed by atoms with Gasteiger partial charge in [0.25, 0.3) is 0 Å². The van der Waals surface area contributed by atoms with E-state index in [2.05, 4.69) is 5.32 Å². The summed E-state index contributed by atoms with van der Waals surface area (Å²) in [5.41, 5.74) is 0. The molecule has 1 aliphatic carbocycles. The summed E-state index contributed by atoms with van der Waals surface area (Å²) in [5.74, 6) is -1.70. The van der Waals surface area contributed by atoms with Crippen molar-refractivity contribution in [1.29, 1.82) is 0 Å². The Hall–Kier alpha value is -1.59. The lowest BCUT2D eigenvalue weighted by atomic mass is 10.0. The highest BCUT2D eigenvalue weighted by molar-refractivity contribution is 5.89. The molecule has 112 valence electrons. The molecule has 0 aromatic heterocycles. The number of hydrogen-bond acceptors (Lipinski definition) is 3. The van der Waals surface area contributed by atoms with E-state index in [1.807, 2.05) is 13.8 Å². The van der Waals surface area contributed by atoms with Crippen LogP contribution < -0.4 is 5.32 Å². The first kappa shape index (κ1) is 14.8. The molecule has 2 amide bonds. The average Bonchev–Trinajstić information content (AvgIpc) is 3.19. The van der Waals surface area contributed by atoms with Crippen molar-refractivity contribution in [2.24, 2.45) is 17.8 Å². The molecule has 2 fully saturated rings. The molecule has 0 unspecified atom stereocenters. The number of rotatable bonds is 4. The molecule has 2 atom stereocenters. The molecular formula is C14H22N2O4. The molecule has 6 nitrogen and oxygen atoms in total. The van der Waals surface area contributed by atoms with Crippen LogP contribution in [0.2, 0.25) is 0 Å².